The molecule has 0 aromatic heterocycles. The Balaban J connectivity index is 1.96. The molecule has 1 aromatic carbocycles. The number of hydrogen-bond donors (Lipinski definition) is 3. The second-order valence-corrected chi connectivity index (χ2v) is 5.48. The maximum absolute atomic E-state index is 12.2. The second kappa shape index (κ2) is 7.22. The minimum Gasteiger partial charge on any atom is -0.352 e. The molecule has 0 spiro atoms. The monoisotopic (exact) mass is 289 g/mol. The van der Waals surface area contributed by atoms with E-state index in [1.54, 1.807) is 24.3 Å². The molecule has 1 heterocycles. The number of carbonyl (C=O) groups is 2. The van der Waals surface area contributed by atoms with Crippen molar-refractivity contribution >= 4 is 17.5 Å². The highest BCUT2D eigenvalue weighted by Gasteiger charge is 2.27. The molecule has 114 valence electrons. The zero-order chi connectivity index (χ0) is 15.2. The molecule has 2 atom stereocenters. The quantitative estimate of drug-likeness (QED) is 0.791. The summed E-state index contributed by atoms with van der Waals surface area (Å²) in [7, 11) is 0. The Morgan fingerprint density at radius 1 is 1.29 bits per heavy atom. The minimum absolute atomic E-state index is 0.00652. The van der Waals surface area contributed by atoms with Gasteiger partial charge in [-0.1, -0.05) is 6.92 Å². The third-order valence-corrected chi connectivity index (χ3v) is 3.80. The fourth-order valence-electron chi connectivity index (χ4n) is 2.59. The number of rotatable bonds is 4. The number of carbonyl (C=O) groups excluding carboxylic acids is 2. The van der Waals surface area contributed by atoms with E-state index >= 15 is 0 Å². The SMILES string of the molecule is CCNC(=O)c1ccc(NC(=O)C2NCCCC2C)cc1. The number of benzene rings is 1. The number of nitrogens with one attached hydrogen (secondary N) is 3. The molecule has 5 heteroatoms. The first kappa shape index (κ1) is 15.5. The number of amides is 2. The lowest BCUT2D eigenvalue weighted by Gasteiger charge is -2.28. The number of anilines is 1. The molecule has 5 nitrogen and oxygen atoms in total. The van der Waals surface area contributed by atoms with Crippen molar-refractivity contribution in [3.8, 4) is 0 Å². The smallest absolute Gasteiger partial charge is 0.251 e. The summed E-state index contributed by atoms with van der Waals surface area (Å²) in [5.74, 6) is 0.235. The first-order valence-corrected chi connectivity index (χ1v) is 7.54. The maximum Gasteiger partial charge on any atom is 0.251 e. The zero-order valence-electron chi connectivity index (χ0n) is 12.6. The van der Waals surface area contributed by atoms with Crippen molar-refractivity contribution in [2.75, 3.05) is 18.4 Å². The van der Waals surface area contributed by atoms with Crippen LogP contribution >= 0.6 is 0 Å². The van der Waals surface area contributed by atoms with Crippen LogP contribution in [0.15, 0.2) is 24.3 Å². The van der Waals surface area contributed by atoms with Crippen LogP contribution in [0, 0.1) is 5.92 Å². The average Bonchev–Trinajstić information content (AvgIpc) is 2.48. The lowest BCUT2D eigenvalue weighted by atomic mass is 9.92. The third-order valence-electron chi connectivity index (χ3n) is 3.80. The Morgan fingerprint density at radius 3 is 2.62 bits per heavy atom. The van der Waals surface area contributed by atoms with Crippen molar-refractivity contribution < 1.29 is 9.59 Å². The van der Waals surface area contributed by atoms with E-state index in [-0.39, 0.29) is 17.9 Å². The van der Waals surface area contributed by atoms with Gasteiger partial charge in [-0.15, -0.1) is 0 Å². The van der Waals surface area contributed by atoms with Gasteiger partial charge in [0, 0.05) is 17.8 Å². The van der Waals surface area contributed by atoms with Crippen LogP contribution in [0.5, 0.6) is 0 Å². The van der Waals surface area contributed by atoms with Gasteiger partial charge in [-0.3, -0.25) is 9.59 Å². The van der Waals surface area contributed by atoms with Crippen LogP contribution in [0.4, 0.5) is 5.69 Å². The highest BCUT2D eigenvalue weighted by molar-refractivity contribution is 5.97. The average molecular weight is 289 g/mol. The van der Waals surface area contributed by atoms with E-state index in [2.05, 4.69) is 22.9 Å². The molecule has 2 amide bonds. The lowest BCUT2D eigenvalue weighted by molar-refractivity contribution is -0.119. The van der Waals surface area contributed by atoms with E-state index in [1.807, 2.05) is 6.92 Å². The largest absolute Gasteiger partial charge is 0.352 e. The van der Waals surface area contributed by atoms with Crippen LogP contribution in [-0.2, 0) is 4.79 Å². The van der Waals surface area contributed by atoms with Gasteiger partial charge in [-0.2, -0.15) is 0 Å². The standard InChI is InChI=1S/C16H23N3O2/c1-3-17-15(20)12-6-8-13(9-7-12)19-16(21)14-11(2)5-4-10-18-14/h6-9,11,14,18H,3-5,10H2,1-2H3,(H,17,20)(H,19,21). The molecule has 1 aliphatic rings. The van der Waals surface area contributed by atoms with Crippen molar-refractivity contribution in [2.45, 2.75) is 32.7 Å². The van der Waals surface area contributed by atoms with E-state index in [0.29, 0.717) is 23.7 Å². The molecular weight excluding hydrogens is 266 g/mol. The highest BCUT2D eigenvalue weighted by atomic mass is 16.2. The maximum atomic E-state index is 12.2. The molecule has 0 aliphatic carbocycles. The molecule has 0 bridgehead atoms. The van der Waals surface area contributed by atoms with E-state index in [4.69, 9.17) is 0 Å². The van der Waals surface area contributed by atoms with Crippen LogP contribution in [0.25, 0.3) is 0 Å². The first-order chi connectivity index (χ1) is 10.1. The molecular formula is C16H23N3O2. The topological polar surface area (TPSA) is 70.2 Å². The van der Waals surface area contributed by atoms with E-state index in [0.717, 1.165) is 19.4 Å². The molecule has 0 radical (unpaired) electrons. The van der Waals surface area contributed by atoms with Gasteiger partial charge in [0.1, 0.15) is 0 Å². The van der Waals surface area contributed by atoms with Crippen LogP contribution in [-0.4, -0.2) is 30.9 Å². The predicted octanol–water partition coefficient (Wildman–Crippen LogP) is 1.76. The highest BCUT2D eigenvalue weighted by Crippen LogP contribution is 2.17. The Kier molecular flexibility index (Phi) is 5.33. The zero-order valence-corrected chi connectivity index (χ0v) is 12.6. The van der Waals surface area contributed by atoms with Crippen LogP contribution in [0.3, 0.4) is 0 Å². The van der Waals surface area contributed by atoms with Crippen molar-refractivity contribution in [1.29, 1.82) is 0 Å². The summed E-state index contributed by atoms with van der Waals surface area (Å²) < 4.78 is 0. The van der Waals surface area contributed by atoms with Gasteiger partial charge in [0.15, 0.2) is 0 Å². The van der Waals surface area contributed by atoms with Gasteiger partial charge >= 0.3 is 0 Å². The molecule has 1 aliphatic heterocycles. The number of hydrogen-bond acceptors (Lipinski definition) is 3. The van der Waals surface area contributed by atoms with E-state index in [1.165, 1.54) is 0 Å². The summed E-state index contributed by atoms with van der Waals surface area (Å²) in [5, 5.41) is 8.91. The molecule has 1 saturated heterocycles. The summed E-state index contributed by atoms with van der Waals surface area (Å²) in [5.41, 5.74) is 1.31. The van der Waals surface area contributed by atoms with Crippen LogP contribution in [0.2, 0.25) is 0 Å². The minimum atomic E-state index is -0.137. The Labute approximate surface area is 125 Å². The molecule has 2 rings (SSSR count). The predicted molar refractivity (Wildman–Crippen MR) is 83.3 cm³/mol. The normalized spacial score (nSPS) is 21.6. The Morgan fingerprint density at radius 2 is 2.00 bits per heavy atom. The van der Waals surface area contributed by atoms with Crippen LogP contribution in [0.1, 0.15) is 37.0 Å². The Hall–Kier alpha value is -1.88. The van der Waals surface area contributed by atoms with E-state index < -0.39 is 0 Å². The van der Waals surface area contributed by atoms with Crippen molar-refractivity contribution in [2.24, 2.45) is 5.92 Å². The van der Waals surface area contributed by atoms with Gasteiger partial charge in [-0.05, 0) is 56.5 Å². The number of piperidine rings is 1. The first-order valence-electron chi connectivity index (χ1n) is 7.54. The van der Waals surface area contributed by atoms with Gasteiger partial charge in [-0.25, -0.2) is 0 Å². The molecule has 0 saturated carbocycles. The fraction of sp³-hybridized carbons (Fsp3) is 0.500. The van der Waals surface area contributed by atoms with E-state index in [9.17, 15) is 9.59 Å². The molecule has 21 heavy (non-hydrogen) atoms. The summed E-state index contributed by atoms with van der Waals surface area (Å²) in [4.78, 5) is 23.9. The molecule has 1 aromatic rings. The molecule has 3 N–H and O–H groups in total. The Bertz CT molecular complexity index is 499. The summed E-state index contributed by atoms with van der Waals surface area (Å²) in [6.07, 6.45) is 2.19. The summed E-state index contributed by atoms with van der Waals surface area (Å²) in [6, 6.07) is 6.82. The van der Waals surface area contributed by atoms with Crippen molar-refractivity contribution in [3.05, 3.63) is 29.8 Å². The van der Waals surface area contributed by atoms with Gasteiger partial charge in [0.05, 0.1) is 6.04 Å². The van der Waals surface area contributed by atoms with Gasteiger partial charge in [0.2, 0.25) is 5.91 Å². The fourth-order valence-corrected chi connectivity index (χ4v) is 2.59. The summed E-state index contributed by atoms with van der Waals surface area (Å²) >= 11 is 0. The van der Waals surface area contributed by atoms with Gasteiger partial charge in [0.25, 0.3) is 5.91 Å². The van der Waals surface area contributed by atoms with Crippen molar-refractivity contribution in [3.63, 3.8) is 0 Å². The van der Waals surface area contributed by atoms with Crippen molar-refractivity contribution in [1.82, 2.24) is 10.6 Å². The van der Waals surface area contributed by atoms with Gasteiger partial charge < -0.3 is 16.0 Å². The summed E-state index contributed by atoms with van der Waals surface area (Å²) in [6.45, 7) is 5.46. The van der Waals surface area contributed by atoms with Crippen LogP contribution < -0.4 is 16.0 Å². The second-order valence-electron chi connectivity index (χ2n) is 5.48. The molecule has 2 unspecified atom stereocenters. The lowest BCUT2D eigenvalue weighted by Crippen LogP contribution is -2.48. The third kappa shape index (κ3) is 4.04. The molecule has 1 fully saturated rings.